The fraction of sp³-hybridized carbons (Fsp3) is 0.443. The van der Waals surface area contributed by atoms with E-state index in [2.05, 4.69) is 40.5 Å². The van der Waals surface area contributed by atoms with E-state index in [1.165, 1.54) is 24.3 Å². The summed E-state index contributed by atoms with van der Waals surface area (Å²) < 4.78 is 57.4. The number of aliphatic hydroxyl groups is 2. The number of rotatable bonds is 16. The summed E-state index contributed by atoms with van der Waals surface area (Å²) in [5.41, 5.74) is 24.8. The van der Waals surface area contributed by atoms with Crippen LogP contribution in [-0.4, -0.2) is 108 Å². The number of amides is 2. The van der Waals surface area contributed by atoms with E-state index in [1.807, 2.05) is 90.9 Å². The standard InChI is InChI=1S/C48H63FN4O8.C31H35FN4O4/c1-28(2)40-37(24-22-33-26-34(58-48(12,13)57-33)27-38(54)59-45(3,4)5)39(29-17-19-31(49)20-18-29)36-16-14-15-30-25-32(21-23-35(30)41(36)51-40)50-42(52-43(55)60-46(6,7)8)53-44(56)61-47(9,10)11;1-17(2)29-26(13-11-22(37)15-23(38)16-27(39)40)28(18-6-8-20(32)9-7-18)25-5-3-4-19-14-21(35-31(33)34)10-12-24(19)30(25)36-29/h17-25,28,33-34H,14-16,26-27H2,1-13H3,(H2,50,52,53,55,56);6-14,17,22-23,37-38H,3-5,15-16H2,1-2H3,(H,39,40)(H4,33,34,35)/b24-22+;13-11+/t33-,34-;22-,23-/m11/s1. The van der Waals surface area contributed by atoms with E-state index in [9.17, 15) is 38.2 Å². The predicted molar refractivity (Wildman–Crippen MR) is 390 cm³/mol. The van der Waals surface area contributed by atoms with Gasteiger partial charge in [-0.2, -0.15) is 0 Å². The van der Waals surface area contributed by atoms with Crippen LogP contribution in [0, 0.1) is 11.6 Å². The normalized spacial score (nSPS) is 16.4. The van der Waals surface area contributed by atoms with Gasteiger partial charge in [0.25, 0.3) is 0 Å². The summed E-state index contributed by atoms with van der Waals surface area (Å²) in [6, 6.07) is 24.4. The Morgan fingerprint density at radius 3 is 1.54 bits per heavy atom. The minimum Gasteiger partial charge on any atom is -0.481 e. The smallest absolute Gasteiger partial charge is 0.414 e. The quantitative estimate of drug-likeness (QED) is 0.0205. The van der Waals surface area contributed by atoms with Crippen LogP contribution in [0.3, 0.4) is 0 Å². The number of aliphatic imine (C=N–C) groups is 2. The fourth-order valence-electron chi connectivity index (χ4n) is 12.6. The highest BCUT2D eigenvalue weighted by Crippen LogP contribution is 2.45. The molecule has 4 aromatic carbocycles. The van der Waals surface area contributed by atoms with Gasteiger partial charge in [0.05, 0.1) is 71.4 Å². The third kappa shape index (κ3) is 22.1. The van der Waals surface area contributed by atoms with Crippen LogP contribution in [-0.2, 0) is 59.0 Å². The summed E-state index contributed by atoms with van der Waals surface area (Å²) in [5, 5.41) is 34.6. The Labute approximate surface area is 591 Å². The molecule has 2 aliphatic carbocycles. The average molecular weight is 1390 g/mol. The molecule has 3 heterocycles. The topological polar surface area (TPSA) is 302 Å². The predicted octanol–water partition coefficient (Wildman–Crippen LogP) is 15.5. The number of alkyl carbamates (subject to hydrolysis) is 2. The number of nitrogens with two attached hydrogens (primary N) is 2. The second kappa shape index (κ2) is 32.6. The third-order valence-corrected chi connectivity index (χ3v) is 16.3. The minimum absolute atomic E-state index is 0.00602. The molecule has 6 aromatic rings. The van der Waals surface area contributed by atoms with Gasteiger partial charge in [0.1, 0.15) is 28.4 Å². The Morgan fingerprint density at radius 1 is 0.653 bits per heavy atom. The van der Waals surface area contributed by atoms with Crippen molar-refractivity contribution in [2.75, 3.05) is 0 Å². The van der Waals surface area contributed by atoms with Crippen molar-refractivity contribution in [2.24, 2.45) is 21.5 Å². The summed E-state index contributed by atoms with van der Waals surface area (Å²) in [6.45, 7) is 27.9. The van der Waals surface area contributed by atoms with E-state index in [0.717, 1.165) is 115 Å². The number of fused-ring (bicyclic) bond motifs is 6. The van der Waals surface area contributed by atoms with E-state index >= 15 is 0 Å². The van der Waals surface area contributed by atoms with Crippen LogP contribution in [0.1, 0.15) is 199 Å². The number of carboxylic acids is 1. The molecular weight excluding hydrogens is 1290 g/mol. The first-order chi connectivity index (χ1) is 47.3. The summed E-state index contributed by atoms with van der Waals surface area (Å²) in [7, 11) is 0. The van der Waals surface area contributed by atoms with Gasteiger partial charge in [-0.1, -0.05) is 88.4 Å². The van der Waals surface area contributed by atoms with Crippen molar-refractivity contribution in [1.82, 2.24) is 20.6 Å². The molecule has 2 amide bonds. The van der Waals surface area contributed by atoms with Crippen LogP contribution in [0.5, 0.6) is 0 Å². The van der Waals surface area contributed by atoms with Gasteiger partial charge in [0.2, 0.25) is 5.96 Å². The summed E-state index contributed by atoms with van der Waals surface area (Å²) in [6.07, 6.45) is 7.28. The highest BCUT2D eigenvalue weighted by molar-refractivity contribution is 6.02. The number of nitrogens with zero attached hydrogens (tertiary/aromatic N) is 4. The maximum atomic E-state index is 14.4. The molecule has 540 valence electrons. The van der Waals surface area contributed by atoms with Crippen molar-refractivity contribution in [2.45, 2.75) is 227 Å². The molecule has 2 aromatic heterocycles. The first-order valence-electron chi connectivity index (χ1n) is 34.4. The molecule has 9 rings (SSSR count). The lowest BCUT2D eigenvalue weighted by Gasteiger charge is -2.40. The van der Waals surface area contributed by atoms with Crippen LogP contribution in [0.2, 0.25) is 0 Å². The number of carboxylic acid groups (broad SMARTS) is 1. The number of guanidine groups is 2. The van der Waals surface area contributed by atoms with E-state index in [-0.39, 0.29) is 60.3 Å². The SMILES string of the molecule is CC(C)c1nc2c(c(-c3ccc(F)cc3)c1/C=C/[C@@H](O)C[C@@H](O)CC(=O)O)CCCc1cc(N=C(N)N)ccc1-2.CC(C)c1nc2c(c(-c3ccc(F)cc3)c1/C=C/[C@@H]1C[C@H](CC(=O)OC(C)(C)C)OC(C)(C)O1)CCCc1cc(N=C(NC(=O)OC(C)(C)C)NC(=O)OC(C)(C)C)ccc1-2. The highest BCUT2D eigenvalue weighted by Gasteiger charge is 2.37. The van der Waals surface area contributed by atoms with Crippen molar-refractivity contribution < 1.29 is 67.0 Å². The maximum Gasteiger partial charge on any atom is 0.414 e. The van der Waals surface area contributed by atoms with Gasteiger partial charge in [0, 0.05) is 35.1 Å². The molecule has 0 unspecified atom stereocenters. The number of pyridine rings is 2. The fourth-order valence-corrected chi connectivity index (χ4v) is 12.6. The van der Waals surface area contributed by atoms with Crippen molar-refractivity contribution in [3.63, 3.8) is 0 Å². The molecule has 0 spiro atoms. The van der Waals surface area contributed by atoms with Gasteiger partial charge >= 0.3 is 24.1 Å². The number of carbonyl (C=O) groups is 4. The van der Waals surface area contributed by atoms with E-state index in [0.29, 0.717) is 30.6 Å². The zero-order valence-corrected chi connectivity index (χ0v) is 60.6. The Kier molecular flexibility index (Phi) is 25.0. The highest BCUT2D eigenvalue weighted by atomic mass is 19.1. The van der Waals surface area contributed by atoms with E-state index < -0.39 is 65.5 Å². The lowest BCUT2D eigenvalue weighted by Crippen LogP contribution is -2.47. The number of nitrogens with one attached hydrogen (secondary N) is 2. The second-order valence-corrected chi connectivity index (χ2v) is 29.8. The molecule has 0 bridgehead atoms. The summed E-state index contributed by atoms with van der Waals surface area (Å²) >= 11 is 0. The number of benzene rings is 4. The number of aryl methyl sites for hydroxylation is 2. The number of aliphatic hydroxyl groups excluding tert-OH is 2. The van der Waals surface area contributed by atoms with E-state index in [1.54, 1.807) is 78.0 Å². The molecule has 1 aliphatic heterocycles. The molecule has 4 atom stereocenters. The number of carbonyl (C=O) groups excluding carboxylic acids is 3. The van der Waals surface area contributed by atoms with E-state index in [4.69, 9.17) is 50.2 Å². The molecule has 0 saturated carbocycles. The Morgan fingerprint density at radius 2 is 1.11 bits per heavy atom. The second-order valence-electron chi connectivity index (χ2n) is 29.8. The number of hydrogen-bond acceptors (Lipinski definition) is 15. The summed E-state index contributed by atoms with van der Waals surface area (Å²) in [5.74, 6) is -3.25. The molecule has 1 fully saturated rings. The largest absolute Gasteiger partial charge is 0.481 e. The summed E-state index contributed by atoms with van der Waals surface area (Å²) in [4.78, 5) is 68.7. The van der Waals surface area contributed by atoms with Gasteiger partial charge in [-0.05, 0) is 220 Å². The zero-order chi connectivity index (χ0) is 74.1. The molecule has 9 N–H and O–H groups in total. The number of hydrogen-bond donors (Lipinski definition) is 7. The molecule has 20 nitrogen and oxygen atoms in total. The van der Waals surface area contributed by atoms with Gasteiger partial charge in [-0.15, -0.1) is 0 Å². The molecule has 3 aliphatic rings. The number of ether oxygens (including phenoxy) is 5. The van der Waals surface area contributed by atoms with Crippen molar-refractivity contribution in [3.8, 4) is 44.8 Å². The van der Waals surface area contributed by atoms with Crippen LogP contribution in [0.15, 0.2) is 107 Å². The Bertz CT molecular complexity index is 4090. The molecule has 101 heavy (non-hydrogen) atoms. The van der Waals surface area contributed by atoms with Crippen molar-refractivity contribution in [3.05, 3.63) is 153 Å². The van der Waals surface area contributed by atoms with Crippen LogP contribution < -0.4 is 22.1 Å². The van der Waals surface area contributed by atoms with Crippen LogP contribution in [0.25, 0.3) is 56.9 Å². The number of aromatic nitrogens is 2. The number of aliphatic carboxylic acids is 1. The molecule has 0 radical (unpaired) electrons. The lowest BCUT2D eigenvalue weighted by molar-refractivity contribution is -0.290. The first kappa shape index (κ1) is 77.5. The maximum absolute atomic E-state index is 14.4. The number of esters is 1. The van der Waals surface area contributed by atoms with Gasteiger partial charge in [-0.25, -0.2) is 28.4 Å². The van der Waals surface area contributed by atoms with Crippen molar-refractivity contribution in [1.29, 1.82) is 0 Å². The van der Waals surface area contributed by atoms with Gasteiger partial charge in [-0.3, -0.25) is 30.2 Å². The van der Waals surface area contributed by atoms with Gasteiger partial charge < -0.3 is 50.5 Å². The first-order valence-corrected chi connectivity index (χ1v) is 34.4. The number of halogens is 2. The Hall–Kier alpha value is -9.22. The Balaban J connectivity index is 0.000000280. The zero-order valence-electron chi connectivity index (χ0n) is 60.6. The average Bonchev–Trinajstić information content (AvgIpc) is 1.74. The lowest BCUT2D eigenvalue weighted by atomic mass is 9.86. The molecule has 22 heteroatoms. The van der Waals surface area contributed by atoms with Crippen LogP contribution in [0.4, 0.5) is 29.7 Å². The monoisotopic (exact) mass is 1390 g/mol. The van der Waals surface area contributed by atoms with Gasteiger partial charge in [0.15, 0.2) is 11.7 Å². The van der Waals surface area contributed by atoms with Crippen molar-refractivity contribution >= 4 is 59.6 Å². The van der Waals surface area contributed by atoms with Crippen LogP contribution >= 0.6 is 0 Å². The molecular formula is C79H98F2N8O12. The third-order valence-electron chi connectivity index (χ3n) is 16.3. The molecule has 1 saturated heterocycles. The minimum atomic E-state index is -1.18.